The molecule has 2 aromatic carbocycles. The number of rotatable bonds is 3. The molecule has 0 spiro atoms. The maximum absolute atomic E-state index is 13.8. The lowest BCUT2D eigenvalue weighted by Gasteiger charge is -2.10. The Morgan fingerprint density at radius 1 is 0.964 bits per heavy atom. The molecule has 5 nitrogen and oxygen atoms in total. The molecule has 4 rings (SSSR count). The lowest BCUT2D eigenvalue weighted by atomic mass is 10.1. The number of hydrogen-bond donors (Lipinski definition) is 3. The summed E-state index contributed by atoms with van der Waals surface area (Å²) >= 11 is 0. The van der Waals surface area contributed by atoms with Gasteiger partial charge in [0.2, 0.25) is 0 Å². The second-order valence-electron chi connectivity index (χ2n) is 6.01. The van der Waals surface area contributed by atoms with Crippen LogP contribution in [0.5, 0.6) is 0 Å². The van der Waals surface area contributed by atoms with Gasteiger partial charge in [0.05, 0.1) is 17.1 Å². The van der Waals surface area contributed by atoms with E-state index in [4.69, 9.17) is 0 Å². The topological polar surface area (TPSA) is 69.8 Å². The Morgan fingerprint density at radius 2 is 1.75 bits per heavy atom. The zero-order valence-electron chi connectivity index (χ0n) is 14.3. The van der Waals surface area contributed by atoms with Crippen LogP contribution in [0.15, 0.2) is 60.9 Å². The second kappa shape index (κ2) is 7.07. The Morgan fingerprint density at radius 3 is 2.54 bits per heavy atom. The molecule has 0 aliphatic heterocycles. The minimum Gasteiger partial charge on any atom is -0.353 e. The van der Waals surface area contributed by atoms with Crippen molar-refractivity contribution in [1.82, 2.24) is 9.97 Å². The Bertz CT molecular complexity index is 1180. The standard InChI is InChI=1S/C20H13F3N4O/c21-12-4-6-16-14(8-12)19(18(25-16)11-2-1-7-24-10-11)27-20(28)26-17-9-13(22)3-5-15(17)23/h1-10,25H,(H2,26,27,28). The van der Waals surface area contributed by atoms with Crippen molar-refractivity contribution in [3.8, 4) is 11.3 Å². The molecule has 0 fully saturated rings. The van der Waals surface area contributed by atoms with Crippen molar-refractivity contribution in [3.63, 3.8) is 0 Å². The number of H-pyrrole nitrogens is 1. The van der Waals surface area contributed by atoms with Gasteiger partial charge in [0.15, 0.2) is 0 Å². The zero-order chi connectivity index (χ0) is 19.7. The normalized spacial score (nSPS) is 10.8. The Kier molecular flexibility index (Phi) is 4.44. The van der Waals surface area contributed by atoms with Crippen molar-refractivity contribution in [2.24, 2.45) is 0 Å². The van der Waals surface area contributed by atoms with Crippen LogP contribution in [-0.4, -0.2) is 16.0 Å². The first-order chi connectivity index (χ1) is 13.5. The summed E-state index contributed by atoms with van der Waals surface area (Å²) in [6, 6.07) is 9.50. The Hall–Kier alpha value is -3.81. The van der Waals surface area contributed by atoms with Gasteiger partial charge >= 0.3 is 6.03 Å². The number of fused-ring (bicyclic) bond motifs is 1. The van der Waals surface area contributed by atoms with Gasteiger partial charge in [-0.05, 0) is 42.5 Å². The number of anilines is 2. The molecular formula is C20H13F3N4O. The first kappa shape index (κ1) is 17.6. The van der Waals surface area contributed by atoms with E-state index < -0.39 is 23.5 Å². The number of nitrogens with zero attached hydrogens (tertiary/aromatic N) is 1. The van der Waals surface area contributed by atoms with E-state index in [0.717, 1.165) is 18.2 Å². The molecule has 0 aliphatic carbocycles. The molecule has 0 saturated heterocycles. The number of hydrogen-bond acceptors (Lipinski definition) is 2. The molecule has 0 atom stereocenters. The average Bonchev–Trinajstić information content (AvgIpc) is 3.03. The van der Waals surface area contributed by atoms with Gasteiger partial charge in [-0.3, -0.25) is 4.98 Å². The smallest absolute Gasteiger partial charge is 0.323 e. The molecule has 0 radical (unpaired) electrons. The van der Waals surface area contributed by atoms with Gasteiger partial charge in [-0.15, -0.1) is 0 Å². The summed E-state index contributed by atoms with van der Waals surface area (Å²) in [6.07, 6.45) is 3.18. The number of aromatic amines is 1. The van der Waals surface area contributed by atoms with E-state index in [9.17, 15) is 18.0 Å². The largest absolute Gasteiger partial charge is 0.353 e. The van der Waals surface area contributed by atoms with Crippen molar-refractivity contribution < 1.29 is 18.0 Å². The first-order valence-corrected chi connectivity index (χ1v) is 8.26. The molecule has 2 heterocycles. The predicted octanol–water partition coefficient (Wildman–Crippen LogP) is 5.29. The molecule has 0 bridgehead atoms. The first-order valence-electron chi connectivity index (χ1n) is 8.26. The molecular weight excluding hydrogens is 369 g/mol. The second-order valence-corrected chi connectivity index (χ2v) is 6.01. The molecule has 2 amide bonds. The van der Waals surface area contributed by atoms with E-state index >= 15 is 0 Å². The van der Waals surface area contributed by atoms with Crippen LogP contribution in [0.2, 0.25) is 0 Å². The highest BCUT2D eigenvalue weighted by Gasteiger charge is 2.17. The number of carbonyl (C=O) groups excluding carboxylic acids is 1. The number of urea groups is 1. The maximum atomic E-state index is 13.8. The summed E-state index contributed by atoms with van der Waals surface area (Å²) < 4.78 is 40.9. The minimum absolute atomic E-state index is 0.289. The average molecular weight is 382 g/mol. The molecule has 3 N–H and O–H groups in total. The van der Waals surface area contributed by atoms with Gasteiger partial charge in [-0.1, -0.05) is 0 Å². The Labute approximate surface area is 157 Å². The highest BCUT2D eigenvalue weighted by Crippen LogP contribution is 2.35. The van der Waals surface area contributed by atoms with Crippen LogP contribution in [0.4, 0.5) is 29.3 Å². The van der Waals surface area contributed by atoms with Crippen LogP contribution in [0, 0.1) is 17.5 Å². The van der Waals surface area contributed by atoms with Crippen molar-refractivity contribution >= 4 is 28.3 Å². The number of carbonyl (C=O) groups is 1. The van der Waals surface area contributed by atoms with Crippen LogP contribution >= 0.6 is 0 Å². The van der Waals surface area contributed by atoms with Gasteiger partial charge < -0.3 is 15.6 Å². The van der Waals surface area contributed by atoms with Crippen LogP contribution in [-0.2, 0) is 0 Å². The summed E-state index contributed by atoms with van der Waals surface area (Å²) in [5.41, 5.74) is 1.73. The summed E-state index contributed by atoms with van der Waals surface area (Å²) in [5, 5.41) is 5.27. The molecule has 0 aliphatic rings. The minimum atomic E-state index is -0.806. The van der Waals surface area contributed by atoms with Crippen molar-refractivity contribution in [2.75, 3.05) is 10.6 Å². The van der Waals surface area contributed by atoms with E-state index in [-0.39, 0.29) is 11.4 Å². The summed E-state index contributed by atoms with van der Waals surface area (Å²) in [6.45, 7) is 0. The van der Waals surface area contributed by atoms with Gasteiger partial charge in [-0.2, -0.15) is 0 Å². The van der Waals surface area contributed by atoms with E-state index in [0.29, 0.717) is 22.2 Å². The van der Waals surface area contributed by atoms with Crippen LogP contribution in [0.1, 0.15) is 0 Å². The zero-order valence-corrected chi connectivity index (χ0v) is 14.3. The summed E-state index contributed by atoms with van der Waals surface area (Å²) in [7, 11) is 0. The van der Waals surface area contributed by atoms with E-state index in [1.165, 1.54) is 12.1 Å². The molecule has 0 unspecified atom stereocenters. The van der Waals surface area contributed by atoms with Crippen molar-refractivity contribution in [3.05, 3.63) is 78.4 Å². The fourth-order valence-corrected chi connectivity index (χ4v) is 2.88. The molecule has 28 heavy (non-hydrogen) atoms. The number of halogens is 3. The number of amides is 2. The summed E-state index contributed by atoms with van der Waals surface area (Å²) in [4.78, 5) is 19.6. The third kappa shape index (κ3) is 3.39. The third-order valence-corrected chi connectivity index (χ3v) is 4.13. The number of benzene rings is 2. The highest BCUT2D eigenvalue weighted by atomic mass is 19.1. The van der Waals surface area contributed by atoms with Crippen molar-refractivity contribution in [1.29, 1.82) is 0 Å². The predicted molar refractivity (Wildman–Crippen MR) is 100 cm³/mol. The maximum Gasteiger partial charge on any atom is 0.323 e. The van der Waals surface area contributed by atoms with Crippen LogP contribution in [0.3, 0.4) is 0 Å². The van der Waals surface area contributed by atoms with Gasteiger partial charge in [0.25, 0.3) is 0 Å². The van der Waals surface area contributed by atoms with Crippen LogP contribution < -0.4 is 10.6 Å². The lowest BCUT2D eigenvalue weighted by molar-refractivity contribution is 0.262. The van der Waals surface area contributed by atoms with E-state index in [2.05, 4.69) is 20.6 Å². The van der Waals surface area contributed by atoms with Crippen molar-refractivity contribution in [2.45, 2.75) is 0 Å². The Balaban J connectivity index is 1.73. The van der Waals surface area contributed by atoms with E-state index in [1.54, 1.807) is 30.6 Å². The fraction of sp³-hybridized carbons (Fsp3) is 0. The quantitative estimate of drug-likeness (QED) is 0.451. The number of nitrogens with one attached hydrogen (secondary N) is 3. The monoisotopic (exact) mass is 382 g/mol. The lowest BCUT2D eigenvalue weighted by Crippen LogP contribution is -2.20. The number of aromatic nitrogens is 2. The molecule has 4 aromatic rings. The van der Waals surface area contributed by atoms with E-state index in [1.807, 2.05) is 0 Å². The molecule has 8 heteroatoms. The molecule has 2 aromatic heterocycles. The molecule has 140 valence electrons. The SMILES string of the molecule is O=C(Nc1cc(F)ccc1F)Nc1c(-c2cccnc2)[nH]c2ccc(F)cc12. The van der Waals surface area contributed by atoms with Crippen LogP contribution in [0.25, 0.3) is 22.2 Å². The van der Waals surface area contributed by atoms with Gasteiger partial charge in [0.1, 0.15) is 17.5 Å². The van der Waals surface area contributed by atoms with Gasteiger partial charge in [-0.25, -0.2) is 18.0 Å². The third-order valence-electron chi connectivity index (χ3n) is 4.13. The summed E-state index contributed by atoms with van der Waals surface area (Å²) in [5.74, 6) is -1.96. The highest BCUT2D eigenvalue weighted by molar-refractivity contribution is 6.10. The molecule has 0 saturated carbocycles. The number of pyridine rings is 1. The van der Waals surface area contributed by atoms with Gasteiger partial charge in [0, 0.05) is 34.9 Å². The fourth-order valence-electron chi connectivity index (χ4n) is 2.88.